The first-order valence-corrected chi connectivity index (χ1v) is 29.1. The predicted octanol–water partition coefficient (Wildman–Crippen LogP) is 6.75. The SMILES string of the molecule is CC[C@H](C)[C@H]1O[C@]2(C=C[C@@H]1C)C[C@@H]1C[C@@H](C/C=C(\C)[C@@H](O[C@H]3C[C@H](OC)[C@@H](O[C@H]4C[C@H](OC)[C@@H](OCC(N)=O)[C@H](C)O4)[C@H](C)O3)[C@@H](C)/C=C/C=C3\CO[C@@H]4[C@H](O)C(C)=C[C@@H](C(=O)O1)[C@]34O[Si](C)(C)C)O2. The molecule has 0 unspecified atom stereocenters. The quantitative estimate of drug-likeness (QED) is 0.112. The van der Waals surface area contributed by atoms with Crippen molar-refractivity contribution in [3.63, 3.8) is 0 Å². The first kappa shape index (κ1) is 55.1. The van der Waals surface area contributed by atoms with Gasteiger partial charge in [-0.25, -0.2) is 0 Å². The fourth-order valence-corrected chi connectivity index (χ4v) is 13.0. The van der Waals surface area contributed by atoms with Gasteiger partial charge in [-0.3, -0.25) is 9.59 Å². The van der Waals surface area contributed by atoms with Gasteiger partial charge >= 0.3 is 5.97 Å². The largest absolute Gasteiger partial charge is 0.462 e. The van der Waals surface area contributed by atoms with Gasteiger partial charge in [0.2, 0.25) is 5.91 Å². The van der Waals surface area contributed by atoms with E-state index in [0.717, 1.165) is 17.6 Å². The van der Waals surface area contributed by atoms with Crippen LogP contribution in [0.3, 0.4) is 0 Å². The van der Waals surface area contributed by atoms with Gasteiger partial charge in [-0.15, -0.1) is 0 Å². The Morgan fingerprint density at radius 1 is 0.914 bits per heavy atom. The van der Waals surface area contributed by atoms with Gasteiger partial charge < -0.3 is 67.4 Å². The van der Waals surface area contributed by atoms with Crippen molar-refractivity contribution in [2.75, 3.05) is 27.4 Å². The summed E-state index contributed by atoms with van der Waals surface area (Å²) in [5.41, 5.74) is 6.42. The van der Waals surface area contributed by atoms with E-state index in [9.17, 15) is 14.7 Å². The van der Waals surface area contributed by atoms with Gasteiger partial charge in [0.25, 0.3) is 0 Å². The van der Waals surface area contributed by atoms with E-state index < -0.39 is 111 Å². The summed E-state index contributed by atoms with van der Waals surface area (Å²) in [6.07, 6.45) is 9.93. The maximum atomic E-state index is 15.0. The number of fused-ring (bicyclic) bond motifs is 2. The third-order valence-electron chi connectivity index (χ3n) is 15.3. The number of rotatable bonds is 13. The predicted molar refractivity (Wildman–Crippen MR) is 262 cm³/mol. The summed E-state index contributed by atoms with van der Waals surface area (Å²) in [7, 11) is 0.810. The zero-order valence-corrected chi connectivity index (χ0v) is 44.8. The van der Waals surface area contributed by atoms with Crippen molar-refractivity contribution >= 4 is 20.2 Å². The number of ether oxygens (including phenoxy) is 11. The van der Waals surface area contributed by atoms with E-state index in [1.807, 2.05) is 45.1 Å². The molecule has 0 radical (unpaired) electrons. The van der Waals surface area contributed by atoms with Gasteiger partial charge in [0.1, 0.15) is 48.6 Å². The molecule has 1 amide bonds. The Morgan fingerprint density at radius 3 is 2.24 bits per heavy atom. The van der Waals surface area contributed by atoms with E-state index in [4.69, 9.17) is 62.3 Å². The molecule has 6 heterocycles. The third kappa shape index (κ3) is 12.1. The van der Waals surface area contributed by atoms with Crippen LogP contribution in [0.4, 0.5) is 0 Å². The standard InChI is InChI=1S/C53H83NO15Si/c1-14-29(2)47-32(5)20-21-52(68-47)26-38-23-37(67-52)19-18-31(4)46(30(3)16-15-17-36-27-61-50-45(56)33(6)22-39(51(57)64-38)53(36,50)69-70(11,12)13)65-43-25-41(59-10)49(35(8)63-43)66-44-24-40(58-9)48(34(7)62-44)60-28-42(54)55/h15-18,20-22,29-30,32,34-35,37-41,43-50,56H,14,19,23-28H2,1-13H3,(H2,54,55)/b16-15+,31-18+,36-17+/t29-,30-,32-,34-,35-,37+,38-,39-,40-,41-,43-,44-,45+,46-,47+,48-,49-,50+,52+,53+/m0/s1. The second kappa shape index (κ2) is 22.9. The Morgan fingerprint density at radius 2 is 1.59 bits per heavy atom. The highest BCUT2D eigenvalue weighted by molar-refractivity contribution is 6.69. The number of aliphatic hydroxyl groups is 1. The molecule has 16 nitrogen and oxygen atoms in total. The summed E-state index contributed by atoms with van der Waals surface area (Å²) in [4.78, 5) is 26.4. The molecular formula is C53H83NO15Si. The molecule has 1 spiro atoms. The molecule has 0 aromatic heterocycles. The fourth-order valence-electron chi connectivity index (χ4n) is 11.6. The highest BCUT2D eigenvalue weighted by Gasteiger charge is 2.63. The van der Waals surface area contributed by atoms with Crippen LogP contribution in [0.1, 0.15) is 93.9 Å². The molecule has 394 valence electrons. The minimum absolute atomic E-state index is 0.0881. The maximum Gasteiger partial charge on any atom is 0.316 e. The molecule has 4 fully saturated rings. The molecule has 3 N–H and O–H groups in total. The number of hydrogen-bond donors (Lipinski definition) is 2. The molecule has 70 heavy (non-hydrogen) atoms. The number of amides is 1. The summed E-state index contributed by atoms with van der Waals surface area (Å²) < 4.78 is 78.4. The van der Waals surface area contributed by atoms with Crippen LogP contribution in [0, 0.1) is 23.7 Å². The van der Waals surface area contributed by atoms with Crippen molar-refractivity contribution in [1.29, 1.82) is 0 Å². The van der Waals surface area contributed by atoms with Gasteiger partial charge in [-0.2, -0.15) is 0 Å². The normalized spacial score (nSPS) is 45.1. The molecule has 17 heteroatoms. The van der Waals surface area contributed by atoms with Crippen LogP contribution >= 0.6 is 0 Å². The molecule has 6 aliphatic heterocycles. The second-order valence-corrected chi connectivity index (χ2v) is 26.3. The highest BCUT2D eigenvalue weighted by atomic mass is 28.4. The van der Waals surface area contributed by atoms with Gasteiger partial charge in [-0.1, -0.05) is 70.6 Å². The van der Waals surface area contributed by atoms with Gasteiger partial charge in [-0.05, 0) is 82.5 Å². The summed E-state index contributed by atoms with van der Waals surface area (Å²) in [6, 6.07) is 0. The molecular weight excluding hydrogens is 919 g/mol. The van der Waals surface area contributed by atoms with E-state index in [1.54, 1.807) is 14.2 Å². The molecule has 0 aromatic carbocycles. The number of primary amides is 1. The number of hydrogen-bond acceptors (Lipinski definition) is 15. The molecule has 7 rings (SSSR count). The molecule has 0 saturated carbocycles. The van der Waals surface area contributed by atoms with Crippen molar-refractivity contribution in [3.8, 4) is 0 Å². The maximum absolute atomic E-state index is 15.0. The Bertz CT molecular complexity index is 1990. The summed E-state index contributed by atoms with van der Waals surface area (Å²) in [5, 5.41) is 11.7. The molecule has 2 bridgehead atoms. The highest BCUT2D eigenvalue weighted by Crippen LogP contribution is 2.50. The summed E-state index contributed by atoms with van der Waals surface area (Å²) in [6.45, 7) is 22.5. The van der Waals surface area contributed by atoms with E-state index in [2.05, 4.69) is 72.5 Å². The van der Waals surface area contributed by atoms with Crippen molar-refractivity contribution < 1.29 is 71.2 Å². The minimum atomic E-state index is -2.44. The number of allylic oxidation sites excluding steroid dienone is 2. The monoisotopic (exact) mass is 1000 g/mol. The molecule has 0 aromatic rings. The number of carbonyl (C=O) groups is 2. The van der Waals surface area contributed by atoms with Crippen molar-refractivity contribution in [3.05, 3.63) is 59.3 Å². The van der Waals surface area contributed by atoms with Gasteiger partial charge in [0, 0.05) is 51.7 Å². The molecule has 20 atom stereocenters. The Kier molecular flexibility index (Phi) is 18.0. The average molecular weight is 1000 g/mol. The van der Waals surface area contributed by atoms with Crippen LogP contribution < -0.4 is 5.73 Å². The molecule has 7 aliphatic rings. The van der Waals surface area contributed by atoms with Crippen LogP contribution in [-0.2, 0) is 66.1 Å². The first-order valence-electron chi connectivity index (χ1n) is 25.7. The van der Waals surface area contributed by atoms with Gasteiger partial charge in [0.15, 0.2) is 26.7 Å². The van der Waals surface area contributed by atoms with Crippen molar-refractivity contribution in [2.45, 2.75) is 211 Å². The Hall–Kier alpha value is -2.62. The van der Waals surface area contributed by atoms with E-state index in [0.29, 0.717) is 37.7 Å². The lowest BCUT2D eigenvalue weighted by Crippen LogP contribution is -2.62. The summed E-state index contributed by atoms with van der Waals surface area (Å²) >= 11 is 0. The first-order chi connectivity index (χ1) is 33.1. The number of carbonyl (C=O) groups excluding carboxylic acids is 2. The van der Waals surface area contributed by atoms with E-state index >= 15 is 0 Å². The summed E-state index contributed by atoms with van der Waals surface area (Å²) in [5.74, 6) is -2.71. The lowest BCUT2D eigenvalue weighted by atomic mass is 9.71. The van der Waals surface area contributed by atoms with Gasteiger partial charge in [0.05, 0.1) is 49.3 Å². The molecule has 1 aliphatic carbocycles. The average Bonchev–Trinajstić information content (AvgIpc) is 3.65. The topological polar surface area (TPSA) is 191 Å². The van der Waals surface area contributed by atoms with Crippen LogP contribution in [0.25, 0.3) is 0 Å². The van der Waals surface area contributed by atoms with Crippen LogP contribution in [0.2, 0.25) is 19.6 Å². The lowest BCUT2D eigenvalue weighted by Gasteiger charge is -2.49. The van der Waals surface area contributed by atoms with Crippen LogP contribution in [0.5, 0.6) is 0 Å². The molecule has 4 saturated heterocycles. The van der Waals surface area contributed by atoms with E-state index in [1.165, 1.54) is 0 Å². The number of esters is 1. The van der Waals surface area contributed by atoms with Crippen molar-refractivity contribution in [2.24, 2.45) is 29.4 Å². The number of methoxy groups -OCH3 is 2. The smallest absolute Gasteiger partial charge is 0.316 e. The third-order valence-corrected chi connectivity index (χ3v) is 16.3. The fraction of sp³-hybridized carbons (Fsp3) is 0.774. The Balaban J connectivity index is 1.20. The van der Waals surface area contributed by atoms with Crippen molar-refractivity contribution in [1.82, 2.24) is 0 Å². The zero-order valence-electron chi connectivity index (χ0n) is 43.8. The number of aliphatic hydroxyl groups excluding tert-OH is 1. The lowest BCUT2D eigenvalue weighted by molar-refractivity contribution is -0.320. The second-order valence-electron chi connectivity index (χ2n) is 21.9. The Labute approximate surface area is 417 Å². The number of nitrogens with two attached hydrogens (primary N) is 1. The van der Waals surface area contributed by atoms with Crippen LogP contribution in [-0.4, -0.2) is 150 Å². The van der Waals surface area contributed by atoms with Crippen LogP contribution in [0.15, 0.2) is 59.3 Å². The van der Waals surface area contributed by atoms with E-state index in [-0.39, 0.29) is 43.2 Å². The minimum Gasteiger partial charge on any atom is -0.462 e. The zero-order chi connectivity index (χ0) is 50.9.